The zero-order valence-electron chi connectivity index (χ0n) is 10.7. The van der Waals surface area contributed by atoms with Crippen LogP contribution in [-0.4, -0.2) is 5.11 Å². The molecule has 0 bridgehead atoms. The first-order chi connectivity index (χ1) is 7.42. The van der Waals surface area contributed by atoms with Gasteiger partial charge in [0.25, 0.3) is 0 Å². The summed E-state index contributed by atoms with van der Waals surface area (Å²) >= 11 is 0. The van der Waals surface area contributed by atoms with Crippen molar-refractivity contribution in [2.75, 3.05) is 0 Å². The van der Waals surface area contributed by atoms with Gasteiger partial charge in [-0.1, -0.05) is 37.6 Å². The minimum atomic E-state index is -0.631. The number of hydrogen-bond acceptors (Lipinski definition) is 1. The highest BCUT2D eigenvalue weighted by molar-refractivity contribution is 5.40. The summed E-state index contributed by atoms with van der Waals surface area (Å²) in [6.45, 7) is 8.62. The third-order valence-electron chi connectivity index (χ3n) is 3.93. The fourth-order valence-corrected chi connectivity index (χ4v) is 2.90. The van der Waals surface area contributed by atoms with E-state index >= 15 is 0 Å². The number of aliphatic hydroxyl groups is 1. The van der Waals surface area contributed by atoms with Crippen molar-refractivity contribution < 1.29 is 5.11 Å². The molecule has 2 rings (SSSR count). The van der Waals surface area contributed by atoms with Crippen LogP contribution in [0.3, 0.4) is 0 Å². The van der Waals surface area contributed by atoms with Crippen molar-refractivity contribution in [2.24, 2.45) is 5.92 Å². The number of hydrogen-bond donors (Lipinski definition) is 1. The van der Waals surface area contributed by atoms with Gasteiger partial charge in [0.2, 0.25) is 0 Å². The van der Waals surface area contributed by atoms with E-state index in [0.29, 0.717) is 11.8 Å². The van der Waals surface area contributed by atoms with Crippen LogP contribution in [0.25, 0.3) is 0 Å². The van der Waals surface area contributed by atoms with Gasteiger partial charge in [-0.15, -0.1) is 0 Å². The monoisotopic (exact) mass is 218 g/mol. The second-order valence-electron chi connectivity index (χ2n) is 5.75. The lowest BCUT2D eigenvalue weighted by Gasteiger charge is -2.37. The molecule has 0 aromatic heterocycles. The van der Waals surface area contributed by atoms with E-state index in [1.807, 2.05) is 6.92 Å². The van der Waals surface area contributed by atoms with Gasteiger partial charge in [-0.05, 0) is 49.7 Å². The van der Waals surface area contributed by atoms with Crippen molar-refractivity contribution in [1.29, 1.82) is 0 Å². The van der Waals surface area contributed by atoms with E-state index in [4.69, 9.17) is 0 Å². The molecule has 1 heteroatoms. The smallest absolute Gasteiger partial charge is 0.0871 e. The Balaban J connectivity index is 2.54. The lowest BCUT2D eigenvalue weighted by molar-refractivity contribution is 0.0319. The molecule has 0 fully saturated rings. The SMILES string of the molecule is Cc1ccc2c(c1)C(C(C)C)CC[C@]2(C)O. The Morgan fingerprint density at radius 3 is 2.69 bits per heavy atom. The third kappa shape index (κ3) is 1.89. The first-order valence-electron chi connectivity index (χ1n) is 6.25. The van der Waals surface area contributed by atoms with Crippen LogP contribution in [0, 0.1) is 12.8 Å². The Labute approximate surface area is 98.5 Å². The number of benzene rings is 1. The fourth-order valence-electron chi connectivity index (χ4n) is 2.90. The van der Waals surface area contributed by atoms with Gasteiger partial charge in [-0.3, -0.25) is 0 Å². The third-order valence-corrected chi connectivity index (χ3v) is 3.93. The topological polar surface area (TPSA) is 20.2 Å². The standard InChI is InChI=1S/C15H22O/c1-10(2)12-7-8-15(4,16)14-6-5-11(3)9-13(12)14/h5-6,9-10,12,16H,7-8H2,1-4H3/t12?,15-/m0/s1. The van der Waals surface area contributed by atoms with Gasteiger partial charge < -0.3 is 5.11 Å². The molecular formula is C15H22O. The van der Waals surface area contributed by atoms with Crippen LogP contribution < -0.4 is 0 Å². The van der Waals surface area contributed by atoms with E-state index in [1.165, 1.54) is 11.1 Å². The van der Waals surface area contributed by atoms with Crippen LogP contribution in [0.15, 0.2) is 18.2 Å². The highest BCUT2D eigenvalue weighted by Gasteiger charge is 2.35. The van der Waals surface area contributed by atoms with Gasteiger partial charge in [0.1, 0.15) is 0 Å². The summed E-state index contributed by atoms with van der Waals surface area (Å²) in [4.78, 5) is 0. The summed E-state index contributed by atoms with van der Waals surface area (Å²) in [6, 6.07) is 6.48. The molecule has 88 valence electrons. The van der Waals surface area contributed by atoms with Gasteiger partial charge >= 0.3 is 0 Å². The quantitative estimate of drug-likeness (QED) is 0.761. The first-order valence-corrected chi connectivity index (χ1v) is 6.25. The molecule has 0 spiro atoms. The van der Waals surface area contributed by atoms with Crippen LogP contribution in [0.2, 0.25) is 0 Å². The molecule has 0 amide bonds. The molecule has 1 aromatic rings. The molecule has 0 radical (unpaired) electrons. The van der Waals surface area contributed by atoms with Crippen LogP contribution in [0.4, 0.5) is 0 Å². The van der Waals surface area contributed by atoms with Crippen molar-refractivity contribution in [2.45, 2.75) is 52.1 Å². The zero-order chi connectivity index (χ0) is 11.9. The van der Waals surface area contributed by atoms with E-state index in [2.05, 4.69) is 39.0 Å². The average Bonchev–Trinajstić information content (AvgIpc) is 2.16. The highest BCUT2D eigenvalue weighted by Crippen LogP contribution is 2.44. The molecule has 1 aliphatic rings. The summed E-state index contributed by atoms with van der Waals surface area (Å²) < 4.78 is 0. The Bertz CT molecular complexity index is 390. The van der Waals surface area contributed by atoms with Gasteiger partial charge in [0.05, 0.1) is 5.60 Å². The van der Waals surface area contributed by atoms with Crippen molar-refractivity contribution in [3.05, 3.63) is 34.9 Å². The van der Waals surface area contributed by atoms with Gasteiger partial charge in [-0.2, -0.15) is 0 Å². The number of aryl methyl sites for hydroxylation is 1. The average molecular weight is 218 g/mol. The highest BCUT2D eigenvalue weighted by atomic mass is 16.3. The molecule has 1 aliphatic carbocycles. The fraction of sp³-hybridized carbons (Fsp3) is 0.600. The van der Waals surface area contributed by atoms with Crippen LogP contribution >= 0.6 is 0 Å². The van der Waals surface area contributed by atoms with Crippen molar-refractivity contribution >= 4 is 0 Å². The summed E-state index contributed by atoms with van der Waals surface area (Å²) in [5.74, 6) is 1.26. The lowest BCUT2D eigenvalue weighted by atomic mass is 9.71. The van der Waals surface area contributed by atoms with E-state index in [9.17, 15) is 5.11 Å². The molecule has 16 heavy (non-hydrogen) atoms. The van der Waals surface area contributed by atoms with E-state index in [-0.39, 0.29) is 0 Å². The molecule has 1 nitrogen and oxygen atoms in total. The predicted molar refractivity (Wildman–Crippen MR) is 67.6 cm³/mol. The summed E-state index contributed by atoms with van der Waals surface area (Å²) in [7, 11) is 0. The van der Waals surface area contributed by atoms with Crippen molar-refractivity contribution in [3.8, 4) is 0 Å². The molecule has 1 N–H and O–H groups in total. The van der Waals surface area contributed by atoms with E-state index in [0.717, 1.165) is 18.4 Å². The maximum absolute atomic E-state index is 10.4. The first kappa shape index (κ1) is 11.7. The molecular weight excluding hydrogens is 196 g/mol. The predicted octanol–water partition coefficient (Wildman–Crippen LogP) is 3.74. The van der Waals surface area contributed by atoms with Crippen molar-refractivity contribution in [3.63, 3.8) is 0 Å². The summed E-state index contributed by atoms with van der Waals surface area (Å²) in [5, 5.41) is 10.4. The molecule has 2 atom stereocenters. The Kier molecular flexibility index (Phi) is 2.83. The lowest BCUT2D eigenvalue weighted by Crippen LogP contribution is -2.30. The molecule has 0 saturated carbocycles. The number of fused-ring (bicyclic) bond motifs is 1. The second kappa shape index (κ2) is 3.89. The van der Waals surface area contributed by atoms with Crippen LogP contribution in [-0.2, 0) is 5.60 Å². The Morgan fingerprint density at radius 2 is 2.06 bits per heavy atom. The van der Waals surface area contributed by atoms with Crippen LogP contribution in [0.5, 0.6) is 0 Å². The molecule has 0 heterocycles. The van der Waals surface area contributed by atoms with Gasteiger partial charge in [0, 0.05) is 0 Å². The normalized spacial score (nSPS) is 29.2. The molecule has 0 saturated heterocycles. The zero-order valence-corrected chi connectivity index (χ0v) is 10.7. The number of rotatable bonds is 1. The summed E-state index contributed by atoms with van der Waals surface area (Å²) in [5.41, 5.74) is 3.17. The van der Waals surface area contributed by atoms with Gasteiger partial charge in [0.15, 0.2) is 0 Å². The largest absolute Gasteiger partial charge is 0.385 e. The van der Waals surface area contributed by atoms with Crippen molar-refractivity contribution in [1.82, 2.24) is 0 Å². The minimum Gasteiger partial charge on any atom is -0.385 e. The Hall–Kier alpha value is -0.820. The van der Waals surface area contributed by atoms with E-state index < -0.39 is 5.60 Å². The maximum Gasteiger partial charge on any atom is 0.0871 e. The second-order valence-corrected chi connectivity index (χ2v) is 5.75. The minimum absolute atomic E-state index is 0.607. The molecule has 1 aromatic carbocycles. The molecule has 0 aliphatic heterocycles. The Morgan fingerprint density at radius 1 is 1.38 bits per heavy atom. The maximum atomic E-state index is 10.4. The van der Waals surface area contributed by atoms with Crippen LogP contribution in [0.1, 0.15) is 56.2 Å². The van der Waals surface area contributed by atoms with E-state index in [1.54, 1.807) is 0 Å². The van der Waals surface area contributed by atoms with Gasteiger partial charge in [-0.25, -0.2) is 0 Å². The summed E-state index contributed by atoms with van der Waals surface area (Å²) in [6.07, 6.45) is 1.98. The molecule has 1 unspecified atom stereocenters.